The number of thiazole rings is 1. The highest BCUT2D eigenvalue weighted by atomic mass is 32.1. The van der Waals surface area contributed by atoms with Crippen molar-refractivity contribution in [2.24, 2.45) is 17.3 Å². The number of hydrogen-bond acceptors (Lipinski definition) is 10. The quantitative estimate of drug-likeness (QED) is 0.150. The fourth-order valence-corrected chi connectivity index (χ4v) is 12.4. The van der Waals surface area contributed by atoms with Crippen LogP contribution in [0.5, 0.6) is 0 Å². The molecule has 2 saturated heterocycles. The Balaban J connectivity index is 0.693. The molecule has 0 radical (unpaired) electrons. The Bertz CT molecular complexity index is 2430. The zero-order valence-electron chi connectivity index (χ0n) is 34.3. The molecule has 60 heavy (non-hydrogen) atoms. The predicted molar refractivity (Wildman–Crippen MR) is 229 cm³/mol. The number of amides is 5. The van der Waals surface area contributed by atoms with Gasteiger partial charge in [-0.3, -0.25) is 34.2 Å². The molecule has 1 atom stereocenters. The van der Waals surface area contributed by atoms with Crippen LogP contribution in [-0.4, -0.2) is 88.2 Å². The van der Waals surface area contributed by atoms with Gasteiger partial charge in [-0.05, 0) is 125 Å². The maximum atomic E-state index is 13.7. The Morgan fingerprint density at radius 1 is 0.883 bits per heavy atom. The van der Waals surface area contributed by atoms with Crippen molar-refractivity contribution in [2.45, 2.75) is 95.6 Å². The molecule has 0 bridgehead atoms. The van der Waals surface area contributed by atoms with Crippen LogP contribution in [0.1, 0.15) is 125 Å². The number of aromatic nitrogens is 1. The monoisotopic (exact) mass is 828 g/mol. The number of carbonyl (C=O) groups is 5. The Kier molecular flexibility index (Phi) is 9.72. The van der Waals surface area contributed by atoms with Gasteiger partial charge in [-0.25, -0.2) is 4.98 Å². The number of nitrogens with one attached hydrogen (secondary N) is 2. The van der Waals surface area contributed by atoms with Crippen molar-refractivity contribution in [3.05, 3.63) is 87.4 Å². The van der Waals surface area contributed by atoms with Crippen LogP contribution in [0.25, 0.3) is 10.2 Å². The highest BCUT2D eigenvalue weighted by Crippen LogP contribution is 2.53. The minimum Gasteiger partial charge on any atom is -0.386 e. The van der Waals surface area contributed by atoms with E-state index in [9.17, 15) is 29.1 Å². The van der Waals surface area contributed by atoms with Crippen LogP contribution in [0.4, 0.5) is 11.4 Å². The number of imide groups is 2. The highest BCUT2D eigenvalue weighted by Gasteiger charge is 2.52. The number of nitrogens with zero attached hydrogens (tertiary/aromatic N) is 4. The molecule has 5 amide bonds. The highest BCUT2D eigenvalue weighted by molar-refractivity contribution is 7.18. The molecule has 13 heteroatoms. The lowest BCUT2D eigenvalue weighted by molar-refractivity contribution is -0.136. The van der Waals surface area contributed by atoms with Crippen molar-refractivity contribution < 1.29 is 29.1 Å². The van der Waals surface area contributed by atoms with Crippen LogP contribution in [0, 0.1) is 17.3 Å². The van der Waals surface area contributed by atoms with Gasteiger partial charge >= 0.3 is 0 Å². The third kappa shape index (κ3) is 6.92. The first-order valence-electron chi connectivity index (χ1n) is 21.7. The van der Waals surface area contributed by atoms with Gasteiger partial charge in [0.05, 0.1) is 37.6 Å². The van der Waals surface area contributed by atoms with E-state index in [-0.39, 0.29) is 24.7 Å². The molecule has 2 aliphatic carbocycles. The summed E-state index contributed by atoms with van der Waals surface area (Å²) in [5, 5.41) is 18.1. The lowest BCUT2D eigenvalue weighted by Crippen LogP contribution is -2.63. The Hall–Kier alpha value is -4.98. The van der Waals surface area contributed by atoms with Crippen LogP contribution < -0.4 is 15.5 Å². The van der Waals surface area contributed by atoms with E-state index < -0.39 is 29.4 Å². The molecule has 10 rings (SSSR count). The van der Waals surface area contributed by atoms with Gasteiger partial charge in [0.25, 0.3) is 17.7 Å². The normalized spacial score (nSPS) is 24.4. The van der Waals surface area contributed by atoms with Crippen molar-refractivity contribution in [3.63, 3.8) is 0 Å². The van der Waals surface area contributed by atoms with Gasteiger partial charge in [-0.1, -0.05) is 24.3 Å². The van der Waals surface area contributed by atoms with E-state index in [1.807, 2.05) is 41.3 Å². The average Bonchev–Trinajstić information content (AvgIpc) is 3.73. The second-order valence-corrected chi connectivity index (χ2v) is 19.9. The molecular formula is C47H52N6O6S. The fraction of sp³-hybridized carbons (Fsp3) is 0.489. The first-order chi connectivity index (χ1) is 28.8. The lowest BCUT2D eigenvalue weighted by Gasteiger charge is -2.60. The van der Waals surface area contributed by atoms with Crippen molar-refractivity contribution in [2.75, 3.05) is 42.9 Å². The Labute approximate surface area is 353 Å². The van der Waals surface area contributed by atoms with Crippen LogP contribution in [0.3, 0.4) is 0 Å². The van der Waals surface area contributed by atoms with E-state index in [2.05, 4.69) is 21.6 Å². The van der Waals surface area contributed by atoms with E-state index in [1.54, 1.807) is 37.3 Å². The first kappa shape index (κ1) is 39.2. The van der Waals surface area contributed by atoms with Gasteiger partial charge in [0, 0.05) is 61.9 Å². The summed E-state index contributed by atoms with van der Waals surface area (Å²) in [7, 11) is 0. The maximum absolute atomic E-state index is 13.7. The first-order valence-corrected chi connectivity index (χ1v) is 22.5. The lowest BCUT2D eigenvalue weighted by atomic mass is 9.57. The minimum absolute atomic E-state index is 0.0159. The van der Waals surface area contributed by atoms with Crippen LogP contribution in [0.2, 0.25) is 0 Å². The van der Waals surface area contributed by atoms with Crippen LogP contribution in [-0.2, 0) is 21.6 Å². The molecule has 6 aliphatic rings. The van der Waals surface area contributed by atoms with Crippen LogP contribution >= 0.6 is 11.3 Å². The van der Waals surface area contributed by atoms with E-state index in [0.717, 1.165) is 69.7 Å². The number of benzene rings is 3. The van der Waals surface area contributed by atoms with Gasteiger partial charge in [-0.2, -0.15) is 0 Å². The molecule has 2 saturated carbocycles. The molecule has 1 aromatic heterocycles. The summed E-state index contributed by atoms with van der Waals surface area (Å²) in [5.41, 5.74) is 4.76. The summed E-state index contributed by atoms with van der Waals surface area (Å²) in [4.78, 5) is 75.1. The van der Waals surface area contributed by atoms with E-state index in [0.29, 0.717) is 53.1 Å². The molecule has 312 valence electrons. The van der Waals surface area contributed by atoms with Crippen molar-refractivity contribution in [1.82, 2.24) is 20.1 Å². The Morgan fingerprint density at radius 2 is 1.65 bits per heavy atom. The summed E-state index contributed by atoms with van der Waals surface area (Å²) in [6.45, 7) is 8.35. The number of likely N-dealkylation sites (tertiary alicyclic amines) is 1. The van der Waals surface area contributed by atoms with Crippen LogP contribution in [0.15, 0.2) is 54.6 Å². The molecule has 3 N–H and O–H groups in total. The molecule has 4 aromatic rings. The number of fused-ring (bicyclic) bond motifs is 3. The summed E-state index contributed by atoms with van der Waals surface area (Å²) in [6, 6.07) is 16.2. The van der Waals surface area contributed by atoms with Gasteiger partial charge in [0.1, 0.15) is 6.04 Å². The third-order valence-corrected chi connectivity index (χ3v) is 15.4. The molecule has 1 spiro atoms. The number of aliphatic hydroxyl groups is 1. The number of piperidine rings is 1. The SMILES string of the molecule is CC(C)(O)c1cc2nc(C3CCC(CN4CC5(CC(CCNc6cccc7c6C(=O)N(C6CCC(=O)NC6=O)C7=O)C5)C4)CC3)sc2cc1N1CCc2ccccc2C1=O. The average molecular weight is 829 g/mol. The molecule has 4 fully saturated rings. The van der Waals surface area contributed by atoms with Gasteiger partial charge in [-0.15, -0.1) is 11.3 Å². The molecule has 12 nitrogen and oxygen atoms in total. The van der Waals surface area contributed by atoms with Gasteiger partial charge in [0.2, 0.25) is 11.8 Å². The van der Waals surface area contributed by atoms with E-state index in [4.69, 9.17) is 4.98 Å². The molecular weight excluding hydrogens is 777 g/mol. The summed E-state index contributed by atoms with van der Waals surface area (Å²) in [6.07, 6.45) is 9.11. The fourth-order valence-electron chi connectivity index (χ4n) is 11.2. The number of anilines is 2. The smallest absolute Gasteiger partial charge is 0.264 e. The second kappa shape index (κ2) is 14.9. The summed E-state index contributed by atoms with van der Waals surface area (Å²) in [5.74, 6) is -0.211. The number of rotatable bonds is 10. The molecule has 4 aliphatic heterocycles. The third-order valence-electron chi connectivity index (χ3n) is 14.2. The Morgan fingerprint density at radius 3 is 2.42 bits per heavy atom. The molecule has 5 heterocycles. The summed E-state index contributed by atoms with van der Waals surface area (Å²) < 4.78 is 1.07. The van der Waals surface area contributed by atoms with E-state index in [1.165, 1.54) is 43.8 Å². The zero-order chi connectivity index (χ0) is 41.5. The largest absolute Gasteiger partial charge is 0.386 e. The maximum Gasteiger partial charge on any atom is 0.264 e. The summed E-state index contributed by atoms with van der Waals surface area (Å²) >= 11 is 1.75. The van der Waals surface area contributed by atoms with Crippen molar-refractivity contribution in [3.8, 4) is 0 Å². The predicted octanol–water partition coefficient (Wildman–Crippen LogP) is 6.62. The number of carbonyl (C=O) groups excluding carboxylic acids is 5. The standard InChI is InChI=1S/C47H52N6O6S/c1-46(2,59)33-20-35-38(21-37(33)52-19-17-29-6-3-4-7-31(29)43(52)56)60-42(49-35)30-12-10-27(11-13-30)24-51-25-47(26-51)22-28(23-47)16-18-48-34-9-5-8-32-40(34)45(58)53(44(32)57)36-14-15-39(54)50-41(36)55/h3-9,20-21,27-28,30,36,48,59H,10-19,22-26H2,1-2H3,(H,50,54,55). The van der Waals surface area contributed by atoms with Crippen molar-refractivity contribution in [1.29, 1.82) is 0 Å². The van der Waals surface area contributed by atoms with Gasteiger partial charge < -0.3 is 20.2 Å². The molecule has 1 unspecified atom stereocenters. The topological polar surface area (TPSA) is 152 Å². The molecule has 3 aromatic carbocycles. The zero-order valence-corrected chi connectivity index (χ0v) is 35.1. The number of hydrogen-bond donors (Lipinski definition) is 3. The minimum atomic E-state index is -1.13. The van der Waals surface area contributed by atoms with E-state index >= 15 is 0 Å². The van der Waals surface area contributed by atoms with Gasteiger partial charge in [0.15, 0.2) is 0 Å². The second-order valence-electron chi connectivity index (χ2n) is 18.9. The van der Waals surface area contributed by atoms with Crippen molar-refractivity contribution >= 4 is 62.5 Å².